The predicted octanol–water partition coefficient (Wildman–Crippen LogP) is 1.79. The molecule has 3 heterocycles. The Morgan fingerprint density at radius 3 is 2.86 bits per heavy atom. The SMILES string of the molecule is Cc1nc(NC2CNc3c(c(C)nn3C)C2)ccc1[N+](=O)[O-]. The van der Waals surface area contributed by atoms with Gasteiger partial charge in [-0.25, -0.2) is 4.98 Å². The van der Waals surface area contributed by atoms with Crippen LogP contribution >= 0.6 is 0 Å². The van der Waals surface area contributed by atoms with E-state index in [-0.39, 0.29) is 11.7 Å². The molecule has 0 aromatic carbocycles. The van der Waals surface area contributed by atoms with Gasteiger partial charge in [0.2, 0.25) is 0 Å². The van der Waals surface area contributed by atoms with Gasteiger partial charge in [0, 0.05) is 31.3 Å². The van der Waals surface area contributed by atoms with Crippen molar-refractivity contribution in [1.82, 2.24) is 14.8 Å². The average molecular weight is 302 g/mol. The van der Waals surface area contributed by atoms with Gasteiger partial charge in [0.25, 0.3) is 5.69 Å². The van der Waals surface area contributed by atoms with Crippen molar-refractivity contribution >= 4 is 17.3 Å². The minimum Gasteiger partial charge on any atom is -0.368 e. The molecule has 1 unspecified atom stereocenters. The van der Waals surface area contributed by atoms with Crippen molar-refractivity contribution in [1.29, 1.82) is 0 Å². The van der Waals surface area contributed by atoms with Gasteiger partial charge in [-0.1, -0.05) is 0 Å². The third-order valence-electron chi connectivity index (χ3n) is 3.92. The number of hydrogen-bond donors (Lipinski definition) is 2. The first-order valence-corrected chi connectivity index (χ1v) is 7.10. The van der Waals surface area contributed by atoms with Crippen molar-refractivity contribution in [3.05, 3.63) is 39.2 Å². The summed E-state index contributed by atoms with van der Waals surface area (Å²) in [6, 6.07) is 3.31. The lowest BCUT2D eigenvalue weighted by atomic mass is 10.0. The normalized spacial score (nSPS) is 16.8. The molecule has 0 saturated heterocycles. The zero-order valence-electron chi connectivity index (χ0n) is 12.8. The highest BCUT2D eigenvalue weighted by atomic mass is 16.6. The first-order chi connectivity index (χ1) is 10.5. The third-order valence-corrected chi connectivity index (χ3v) is 3.92. The van der Waals surface area contributed by atoms with Crippen molar-refractivity contribution in [3.63, 3.8) is 0 Å². The zero-order chi connectivity index (χ0) is 15.9. The van der Waals surface area contributed by atoms with Gasteiger partial charge in [0.15, 0.2) is 0 Å². The fourth-order valence-electron chi connectivity index (χ4n) is 2.84. The largest absolute Gasteiger partial charge is 0.368 e. The Bertz CT molecular complexity index is 739. The summed E-state index contributed by atoms with van der Waals surface area (Å²) < 4.78 is 1.86. The Balaban J connectivity index is 1.76. The molecule has 1 aliphatic heterocycles. The number of pyridine rings is 1. The van der Waals surface area contributed by atoms with E-state index in [2.05, 4.69) is 20.7 Å². The topological polar surface area (TPSA) is 97.9 Å². The van der Waals surface area contributed by atoms with Crippen LogP contribution in [-0.2, 0) is 13.5 Å². The average Bonchev–Trinajstić information content (AvgIpc) is 2.73. The van der Waals surface area contributed by atoms with Gasteiger partial charge in [-0.05, 0) is 26.3 Å². The van der Waals surface area contributed by atoms with Gasteiger partial charge in [-0.2, -0.15) is 5.10 Å². The summed E-state index contributed by atoms with van der Waals surface area (Å²) in [4.78, 5) is 14.7. The Kier molecular flexibility index (Phi) is 3.44. The molecule has 1 atom stereocenters. The minimum absolute atomic E-state index is 0.0395. The molecule has 3 rings (SSSR count). The fourth-order valence-corrected chi connectivity index (χ4v) is 2.84. The number of nitrogens with zero attached hydrogens (tertiary/aromatic N) is 4. The van der Waals surface area contributed by atoms with E-state index in [4.69, 9.17) is 0 Å². The molecule has 0 saturated carbocycles. The molecule has 0 aliphatic carbocycles. The van der Waals surface area contributed by atoms with Crippen LogP contribution in [0.2, 0.25) is 0 Å². The van der Waals surface area contributed by atoms with Gasteiger partial charge in [0.1, 0.15) is 17.3 Å². The minimum atomic E-state index is -0.417. The van der Waals surface area contributed by atoms with Crippen molar-refractivity contribution in [2.45, 2.75) is 26.3 Å². The van der Waals surface area contributed by atoms with Crippen LogP contribution in [0.15, 0.2) is 12.1 Å². The smallest absolute Gasteiger partial charge is 0.290 e. The molecule has 0 amide bonds. The third kappa shape index (κ3) is 2.47. The summed E-state index contributed by atoms with van der Waals surface area (Å²) in [6.45, 7) is 4.40. The van der Waals surface area contributed by atoms with Crippen molar-refractivity contribution in [2.24, 2.45) is 7.05 Å². The van der Waals surface area contributed by atoms with E-state index in [0.717, 1.165) is 24.5 Å². The summed E-state index contributed by atoms with van der Waals surface area (Å²) in [5, 5.41) is 21.9. The van der Waals surface area contributed by atoms with Gasteiger partial charge in [-0.15, -0.1) is 0 Å². The second-order valence-electron chi connectivity index (χ2n) is 5.52. The Hall–Kier alpha value is -2.64. The molecule has 2 N–H and O–H groups in total. The second kappa shape index (κ2) is 5.28. The number of rotatable bonds is 3. The zero-order valence-corrected chi connectivity index (χ0v) is 12.8. The first-order valence-electron chi connectivity index (χ1n) is 7.10. The lowest BCUT2D eigenvalue weighted by molar-refractivity contribution is -0.385. The quantitative estimate of drug-likeness (QED) is 0.662. The van der Waals surface area contributed by atoms with Crippen LogP contribution in [0.5, 0.6) is 0 Å². The second-order valence-corrected chi connectivity index (χ2v) is 5.52. The van der Waals surface area contributed by atoms with Crippen molar-refractivity contribution < 1.29 is 4.92 Å². The fraction of sp³-hybridized carbons (Fsp3) is 0.429. The molecular weight excluding hydrogens is 284 g/mol. The molecule has 116 valence electrons. The Morgan fingerprint density at radius 2 is 2.18 bits per heavy atom. The molecule has 22 heavy (non-hydrogen) atoms. The summed E-state index contributed by atoms with van der Waals surface area (Å²) in [7, 11) is 1.92. The van der Waals surface area contributed by atoms with Crippen LogP contribution in [-0.4, -0.2) is 32.3 Å². The lowest BCUT2D eigenvalue weighted by Crippen LogP contribution is -2.35. The summed E-state index contributed by atoms with van der Waals surface area (Å²) >= 11 is 0. The van der Waals surface area contributed by atoms with E-state index < -0.39 is 4.92 Å². The number of nitrogens with one attached hydrogen (secondary N) is 2. The van der Waals surface area contributed by atoms with E-state index in [1.54, 1.807) is 13.0 Å². The van der Waals surface area contributed by atoms with Crippen LogP contribution in [0.1, 0.15) is 17.0 Å². The van der Waals surface area contributed by atoms with Gasteiger partial charge in [-0.3, -0.25) is 14.8 Å². The maximum Gasteiger partial charge on any atom is 0.290 e. The molecule has 8 nitrogen and oxygen atoms in total. The van der Waals surface area contributed by atoms with E-state index >= 15 is 0 Å². The molecule has 0 spiro atoms. The first kappa shape index (κ1) is 14.3. The number of aryl methyl sites for hydroxylation is 3. The molecule has 2 aromatic rings. The van der Waals surface area contributed by atoms with E-state index in [9.17, 15) is 10.1 Å². The van der Waals surface area contributed by atoms with Crippen molar-refractivity contribution in [3.8, 4) is 0 Å². The molecule has 0 fully saturated rings. The number of aromatic nitrogens is 3. The molecule has 0 bridgehead atoms. The molecular formula is C14H18N6O2. The number of anilines is 2. The van der Waals surface area contributed by atoms with Crippen LogP contribution in [0, 0.1) is 24.0 Å². The maximum absolute atomic E-state index is 10.8. The Morgan fingerprint density at radius 1 is 1.41 bits per heavy atom. The van der Waals surface area contributed by atoms with Crippen LogP contribution in [0.4, 0.5) is 17.3 Å². The standard InChI is InChI=1S/C14H18N6O2/c1-8-11-6-10(7-15-14(11)19(3)18-8)17-13-5-4-12(20(21)22)9(2)16-13/h4-5,10,15H,6-7H2,1-3H3,(H,16,17). The Labute approximate surface area is 127 Å². The predicted molar refractivity (Wildman–Crippen MR) is 83.2 cm³/mol. The maximum atomic E-state index is 10.8. The van der Waals surface area contributed by atoms with E-state index in [1.807, 2.05) is 18.7 Å². The number of hydrogen-bond acceptors (Lipinski definition) is 6. The van der Waals surface area contributed by atoms with E-state index in [1.165, 1.54) is 11.6 Å². The highest BCUT2D eigenvalue weighted by molar-refractivity contribution is 5.53. The molecule has 0 radical (unpaired) electrons. The van der Waals surface area contributed by atoms with Crippen LogP contribution in [0.3, 0.4) is 0 Å². The van der Waals surface area contributed by atoms with Gasteiger partial charge < -0.3 is 10.6 Å². The monoisotopic (exact) mass is 302 g/mol. The highest BCUT2D eigenvalue weighted by Crippen LogP contribution is 2.26. The highest BCUT2D eigenvalue weighted by Gasteiger charge is 2.24. The summed E-state index contributed by atoms with van der Waals surface area (Å²) in [5.41, 5.74) is 2.67. The molecule has 1 aliphatic rings. The number of fused-ring (bicyclic) bond motifs is 1. The van der Waals surface area contributed by atoms with Crippen molar-refractivity contribution in [2.75, 3.05) is 17.2 Å². The van der Waals surface area contributed by atoms with Gasteiger partial charge >= 0.3 is 0 Å². The van der Waals surface area contributed by atoms with Crippen LogP contribution in [0.25, 0.3) is 0 Å². The van der Waals surface area contributed by atoms with E-state index in [0.29, 0.717) is 11.5 Å². The summed E-state index contributed by atoms with van der Waals surface area (Å²) in [5.74, 6) is 1.71. The van der Waals surface area contributed by atoms with Gasteiger partial charge in [0.05, 0.1) is 10.6 Å². The summed E-state index contributed by atoms with van der Waals surface area (Å²) in [6.07, 6.45) is 0.847. The molecule has 2 aromatic heterocycles. The lowest BCUT2D eigenvalue weighted by Gasteiger charge is -2.26. The van der Waals surface area contributed by atoms with Crippen LogP contribution < -0.4 is 10.6 Å². The number of nitro groups is 1. The molecule has 8 heteroatoms.